The van der Waals surface area contributed by atoms with Crippen molar-refractivity contribution >= 4 is 27.7 Å². The lowest BCUT2D eigenvalue weighted by Gasteiger charge is -2.06. The van der Waals surface area contributed by atoms with Crippen molar-refractivity contribution in [3.63, 3.8) is 0 Å². The van der Waals surface area contributed by atoms with Crippen LogP contribution in [0, 0.1) is 5.82 Å². The van der Waals surface area contributed by atoms with E-state index < -0.39 is 42.0 Å². The Bertz CT molecular complexity index is 874. The minimum absolute atomic E-state index is 0.0701. The molecule has 2 rings (SSSR count). The van der Waals surface area contributed by atoms with E-state index in [1.54, 1.807) is 0 Å². The summed E-state index contributed by atoms with van der Waals surface area (Å²) in [5.74, 6) is -2.00. The van der Waals surface area contributed by atoms with Crippen LogP contribution in [0.4, 0.5) is 4.39 Å². The van der Waals surface area contributed by atoms with Gasteiger partial charge in [-0.2, -0.15) is 0 Å². The second kappa shape index (κ2) is 7.14. The summed E-state index contributed by atoms with van der Waals surface area (Å²) in [5, 5.41) is 0. The van der Waals surface area contributed by atoms with Gasteiger partial charge in [-0.25, -0.2) is 9.18 Å². The molecule has 1 heterocycles. The van der Waals surface area contributed by atoms with Gasteiger partial charge in [0.1, 0.15) is 12.4 Å². The lowest BCUT2D eigenvalue weighted by molar-refractivity contribution is -0.143. The SMILES string of the molecule is O=C(Cn1cc(Br)c(=O)[nH]c1=O)OCC(=O)c1cccc(F)c1. The monoisotopic (exact) mass is 384 g/mol. The number of hydrogen-bond acceptors (Lipinski definition) is 5. The Morgan fingerprint density at radius 2 is 2.04 bits per heavy atom. The molecule has 0 aliphatic carbocycles. The fraction of sp³-hybridized carbons (Fsp3) is 0.143. The van der Waals surface area contributed by atoms with Crippen LogP contribution >= 0.6 is 15.9 Å². The summed E-state index contributed by atoms with van der Waals surface area (Å²) in [6.07, 6.45) is 1.14. The number of H-pyrrole nitrogens is 1. The molecule has 0 fully saturated rings. The highest BCUT2D eigenvalue weighted by Gasteiger charge is 2.12. The molecule has 0 aliphatic heterocycles. The summed E-state index contributed by atoms with van der Waals surface area (Å²) in [7, 11) is 0. The molecule has 120 valence electrons. The number of benzene rings is 1. The molecule has 0 atom stereocenters. The van der Waals surface area contributed by atoms with Crippen LogP contribution in [0.2, 0.25) is 0 Å². The average molecular weight is 385 g/mol. The highest BCUT2D eigenvalue weighted by Crippen LogP contribution is 2.05. The molecule has 0 radical (unpaired) electrons. The molecule has 1 N–H and O–H groups in total. The maximum absolute atomic E-state index is 13.0. The fourth-order valence-corrected chi connectivity index (χ4v) is 2.02. The molecule has 0 unspecified atom stereocenters. The second-order valence-electron chi connectivity index (χ2n) is 4.46. The first kappa shape index (κ1) is 16.8. The van der Waals surface area contributed by atoms with Crippen molar-refractivity contribution in [3.8, 4) is 0 Å². The number of ether oxygens (including phenoxy) is 1. The van der Waals surface area contributed by atoms with Gasteiger partial charge in [-0.15, -0.1) is 0 Å². The quantitative estimate of drug-likeness (QED) is 0.608. The number of aromatic amines is 1. The lowest BCUT2D eigenvalue weighted by Crippen LogP contribution is -2.32. The van der Waals surface area contributed by atoms with E-state index in [2.05, 4.69) is 15.9 Å². The Morgan fingerprint density at radius 1 is 1.30 bits per heavy atom. The number of aromatic nitrogens is 2. The summed E-state index contributed by atoms with van der Waals surface area (Å²) in [5.41, 5.74) is -1.34. The molecule has 23 heavy (non-hydrogen) atoms. The Labute approximate surface area is 136 Å². The number of Topliss-reactive ketones (excluding diaryl/α,β-unsaturated/α-hetero) is 1. The van der Waals surface area contributed by atoms with Gasteiger partial charge in [0, 0.05) is 11.8 Å². The van der Waals surface area contributed by atoms with Crippen LogP contribution in [0.15, 0.2) is 44.5 Å². The third-order valence-electron chi connectivity index (χ3n) is 2.78. The Hall–Kier alpha value is -2.55. The third-order valence-corrected chi connectivity index (χ3v) is 3.34. The predicted molar refractivity (Wildman–Crippen MR) is 80.7 cm³/mol. The van der Waals surface area contributed by atoms with E-state index in [4.69, 9.17) is 4.74 Å². The Balaban J connectivity index is 1.98. The second-order valence-corrected chi connectivity index (χ2v) is 5.31. The number of ketones is 1. The smallest absolute Gasteiger partial charge is 0.328 e. The summed E-state index contributed by atoms with van der Waals surface area (Å²) >= 11 is 2.92. The van der Waals surface area contributed by atoms with Crippen molar-refractivity contribution in [2.24, 2.45) is 0 Å². The number of carbonyl (C=O) groups is 2. The zero-order chi connectivity index (χ0) is 17.0. The van der Waals surface area contributed by atoms with E-state index in [-0.39, 0.29) is 10.0 Å². The molecule has 9 heteroatoms. The van der Waals surface area contributed by atoms with E-state index in [0.29, 0.717) is 0 Å². The normalized spacial score (nSPS) is 10.3. The summed E-state index contributed by atoms with van der Waals surface area (Å²) < 4.78 is 18.7. The van der Waals surface area contributed by atoms with Gasteiger partial charge in [-0.05, 0) is 28.1 Å². The van der Waals surface area contributed by atoms with Crippen molar-refractivity contribution in [1.82, 2.24) is 9.55 Å². The number of esters is 1. The molecular weight excluding hydrogens is 375 g/mol. The zero-order valence-corrected chi connectivity index (χ0v) is 13.1. The zero-order valence-electron chi connectivity index (χ0n) is 11.5. The van der Waals surface area contributed by atoms with Crippen LogP contribution in [0.1, 0.15) is 10.4 Å². The molecule has 0 saturated carbocycles. The van der Waals surface area contributed by atoms with Crippen molar-refractivity contribution in [2.75, 3.05) is 6.61 Å². The maximum atomic E-state index is 13.0. The minimum Gasteiger partial charge on any atom is -0.456 e. The first-order valence-corrected chi connectivity index (χ1v) is 7.10. The van der Waals surface area contributed by atoms with Gasteiger partial charge in [0.2, 0.25) is 0 Å². The number of halogens is 2. The van der Waals surface area contributed by atoms with E-state index in [1.807, 2.05) is 4.98 Å². The topological polar surface area (TPSA) is 98.2 Å². The number of nitrogens with one attached hydrogen (secondary N) is 1. The molecule has 0 amide bonds. The number of hydrogen-bond donors (Lipinski definition) is 1. The lowest BCUT2D eigenvalue weighted by atomic mass is 10.1. The fourth-order valence-electron chi connectivity index (χ4n) is 1.68. The molecule has 0 spiro atoms. The van der Waals surface area contributed by atoms with Gasteiger partial charge in [0.05, 0.1) is 4.47 Å². The molecule has 1 aromatic carbocycles. The molecule has 0 saturated heterocycles. The largest absolute Gasteiger partial charge is 0.456 e. The number of carbonyl (C=O) groups excluding carboxylic acids is 2. The molecule has 0 bridgehead atoms. The molecular formula is C14H10BrFN2O5. The van der Waals surface area contributed by atoms with Crippen molar-refractivity contribution < 1.29 is 18.7 Å². The van der Waals surface area contributed by atoms with Crippen LogP contribution in [0.25, 0.3) is 0 Å². The van der Waals surface area contributed by atoms with Crippen LogP contribution < -0.4 is 11.2 Å². The van der Waals surface area contributed by atoms with E-state index in [9.17, 15) is 23.6 Å². The first-order valence-electron chi connectivity index (χ1n) is 6.30. The molecule has 0 aliphatic rings. The Morgan fingerprint density at radius 3 is 2.74 bits per heavy atom. The first-order chi connectivity index (χ1) is 10.9. The van der Waals surface area contributed by atoms with Crippen molar-refractivity contribution in [3.05, 3.63) is 67.2 Å². The van der Waals surface area contributed by atoms with Gasteiger partial charge in [0.25, 0.3) is 5.56 Å². The van der Waals surface area contributed by atoms with Gasteiger partial charge >= 0.3 is 11.7 Å². The van der Waals surface area contributed by atoms with Gasteiger partial charge in [-0.1, -0.05) is 12.1 Å². The summed E-state index contributed by atoms with van der Waals surface area (Å²) in [6, 6.07) is 4.97. The van der Waals surface area contributed by atoms with E-state index in [0.717, 1.165) is 16.8 Å². The average Bonchev–Trinajstić information content (AvgIpc) is 2.50. The van der Waals surface area contributed by atoms with Crippen LogP contribution in [-0.2, 0) is 16.1 Å². The highest BCUT2D eigenvalue weighted by molar-refractivity contribution is 9.10. The van der Waals surface area contributed by atoms with E-state index in [1.165, 1.54) is 18.2 Å². The Kier molecular flexibility index (Phi) is 5.22. The summed E-state index contributed by atoms with van der Waals surface area (Å²) in [4.78, 5) is 48.1. The predicted octanol–water partition coefficient (Wildman–Crippen LogP) is 0.864. The maximum Gasteiger partial charge on any atom is 0.328 e. The molecule has 1 aromatic heterocycles. The highest BCUT2D eigenvalue weighted by atomic mass is 79.9. The molecule has 7 nitrogen and oxygen atoms in total. The van der Waals surface area contributed by atoms with E-state index >= 15 is 0 Å². The number of nitrogens with zero attached hydrogens (tertiary/aromatic N) is 1. The van der Waals surface area contributed by atoms with Gasteiger partial charge < -0.3 is 4.74 Å². The van der Waals surface area contributed by atoms with Crippen LogP contribution in [-0.4, -0.2) is 27.9 Å². The third kappa shape index (κ3) is 4.46. The standard InChI is InChI=1S/C14H10BrFN2O5/c15-10-5-18(14(22)17-13(10)21)6-12(20)23-7-11(19)8-2-1-3-9(16)4-8/h1-5H,6-7H2,(H,17,21,22). The minimum atomic E-state index is -0.851. The van der Waals surface area contributed by atoms with Gasteiger partial charge in [-0.3, -0.25) is 23.9 Å². The molecule has 2 aromatic rings. The summed E-state index contributed by atoms with van der Waals surface area (Å²) in [6.45, 7) is -1.06. The van der Waals surface area contributed by atoms with Gasteiger partial charge in [0.15, 0.2) is 12.4 Å². The van der Waals surface area contributed by atoms with Crippen LogP contribution in [0.5, 0.6) is 0 Å². The van der Waals surface area contributed by atoms with Crippen molar-refractivity contribution in [2.45, 2.75) is 6.54 Å². The van der Waals surface area contributed by atoms with Crippen LogP contribution in [0.3, 0.4) is 0 Å². The van der Waals surface area contributed by atoms with Crippen molar-refractivity contribution in [1.29, 1.82) is 0 Å². The number of rotatable bonds is 5.